The van der Waals surface area contributed by atoms with E-state index in [0.717, 1.165) is 30.5 Å². The zero-order valence-corrected chi connectivity index (χ0v) is 10.7. The fourth-order valence-electron chi connectivity index (χ4n) is 2.68. The molecule has 1 aliphatic rings. The molecule has 1 unspecified atom stereocenters. The van der Waals surface area contributed by atoms with Gasteiger partial charge in [-0.05, 0) is 36.6 Å². The van der Waals surface area contributed by atoms with Crippen molar-refractivity contribution in [3.05, 3.63) is 66.0 Å². The van der Waals surface area contributed by atoms with E-state index in [4.69, 9.17) is 0 Å². The summed E-state index contributed by atoms with van der Waals surface area (Å²) in [6.07, 6.45) is 5.70. The average Bonchev–Trinajstić information content (AvgIpc) is 2.98. The molecule has 1 atom stereocenters. The van der Waals surface area contributed by atoms with E-state index in [1.165, 1.54) is 0 Å². The molecule has 19 heavy (non-hydrogen) atoms. The fourth-order valence-corrected chi connectivity index (χ4v) is 2.68. The Morgan fingerprint density at radius 3 is 2.74 bits per heavy atom. The Bertz CT molecular complexity index is 553. The second-order valence-electron chi connectivity index (χ2n) is 4.81. The Labute approximate surface area is 112 Å². The molecule has 1 saturated heterocycles. The van der Waals surface area contributed by atoms with Crippen molar-refractivity contribution in [3.8, 4) is 0 Å². The fraction of sp³-hybridized carbons (Fsp3) is 0.250. The highest BCUT2D eigenvalue weighted by molar-refractivity contribution is 5.94. The van der Waals surface area contributed by atoms with E-state index >= 15 is 0 Å². The number of hydrogen-bond donors (Lipinski definition) is 0. The van der Waals surface area contributed by atoms with Crippen LogP contribution in [0.1, 0.15) is 34.8 Å². The highest BCUT2D eigenvalue weighted by atomic mass is 16.2. The third-order valence-corrected chi connectivity index (χ3v) is 3.60. The summed E-state index contributed by atoms with van der Waals surface area (Å²) < 4.78 is 0. The van der Waals surface area contributed by atoms with Crippen LogP contribution >= 0.6 is 0 Å². The van der Waals surface area contributed by atoms with E-state index in [9.17, 15) is 4.79 Å². The van der Waals surface area contributed by atoms with Gasteiger partial charge >= 0.3 is 0 Å². The van der Waals surface area contributed by atoms with Crippen molar-refractivity contribution in [2.75, 3.05) is 6.54 Å². The summed E-state index contributed by atoms with van der Waals surface area (Å²) in [5.74, 6) is 0.118. The maximum atomic E-state index is 12.5. The minimum atomic E-state index is 0.118. The molecule has 1 aromatic heterocycles. The van der Waals surface area contributed by atoms with Crippen LogP contribution in [-0.4, -0.2) is 22.3 Å². The van der Waals surface area contributed by atoms with Gasteiger partial charge in [0.2, 0.25) is 0 Å². The predicted octanol–water partition coefficient (Wildman–Crippen LogP) is 3.06. The lowest BCUT2D eigenvalue weighted by Crippen LogP contribution is -2.30. The van der Waals surface area contributed by atoms with Crippen LogP contribution in [0, 0.1) is 0 Å². The molecule has 1 fully saturated rings. The first-order chi connectivity index (χ1) is 9.36. The molecule has 96 valence electrons. The van der Waals surface area contributed by atoms with Crippen LogP contribution in [0.4, 0.5) is 0 Å². The standard InChI is InChI=1S/C16H16N2O/c19-16(13-6-2-1-3-7-13)18-11-5-9-15(18)14-8-4-10-17-12-14/h1-4,6-8,10,12,15H,5,9,11H2. The molecule has 2 heterocycles. The molecule has 0 bridgehead atoms. The van der Waals surface area contributed by atoms with Gasteiger partial charge in [0.1, 0.15) is 0 Å². The van der Waals surface area contributed by atoms with Gasteiger partial charge in [0.25, 0.3) is 5.91 Å². The van der Waals surface area contributed by atoms with Crippen molar-refractivity contribution in [2.24, 2.45) is 0 Å². The van der Waals surface area contributed by atoms with Crippen molar-refractivity contribution in [1.82, 2.24) is 9.88 Å². The van der Waals surface area contributed by atoms with Crippen molar-refractivity contribution in [3.63, 3.8) is 0 Å². The molecule has 2 aromatic rings. The van der Waals surface area contributed by atoms with Crippen LogP contribution in [0.3, 0.4) is 0 Å². The van der Waals surface area contributed by atoms with Crippen molar-refractivity contribution in [1.29, 1.82) is 0 Å². The number of carbonyl (C=O) groups excluding carboxylic acids is 1. The lowest BCUT2D eigenvalue weighted by atomic mass is 10.1. The summed E-state index contributed by atoms with van der Waals surface area (Å²) >= 11 is 0. The van der Waals surface area contributed by atoms with Crippen molar-refractivity contribution in [2.45, 2.75) is 18.9 Å². The van der Waals surface area contributed by atoms with Gasteiger partial charge in [-0.3, -0.25) is 9.78 Å². The molecule has 1 aromatic carbocycles. The van der Waals surface area contributed by atoms with E-state index in [1.54, 1.807) is 6.20 Å². The van der Waals surface area contributed by atoms with Crippen LogP contribution in [0.15, 0.2) is 54.9 Å². The van der Waals surface area contributed by atoms with Crippen LogP contribution in [-0.2, 0) is 0 Å². The number of pyridine rings is 1. The monoisotopic (exact) mass is 252 g/mol. The van der Waals surface area contributed by atoms with Gasteiger partial charge in [-0.15, -0.1) is 0 Å². The first-order valence-electron chi connectivity index (χ1n) is 6.62. The number of carbonyl (C=O) groups is 1. The molecule has 1 aliphatic heterocycles. The quantitative estimate of drug-likeness (QED) is 0.823. The summed E-state index contributed by atoms with van der Waals surface area (Å²) in [6, 6.07) is 13.6. The van der Waals surface area contributed by atoms with E-state index in [-0.39, 0.29) is 11.9 Å². The Balaban J connectivity index is 1.86. The lowest BCUT2D eigenvalue weighted by molar-refractivity contribution is 0.0735. The maximum Gasteiger partial charge on any atom is 0.254 e. The van der Waals surface area contributed by atoms with Crippen molar-refractivity contribution < 1.29 is 4.79 Å². The van der Waals surface area contributed by atoms with Crippen LogP contribution in [0.25, 0.3) is 0 Å². The average molecular weight is 252 g/mol. The van der Waals surface area contributed by atoms with Gasteiger partial charge in [-0.2, -0.15) is 0 Å². The van der Waals surface area contributed by atoms with E-state index in [0.29, 0.717) is 0 Å². The summed E-state index contributed by atoms with van der Waals surface area (Å²) in [5.41, 5.74) is 1.89. The summed E-state index contributed by atoms with van der Waals surface area (Å²) in [7, 11) is 0. The molecular weight excluding hydrogens is 236 g/mol. The number of aromatic nitrogens is 1. The number of amides is 1. The zero-order chi connectivity index (χ0) is 13.1. The van der Waals surface area contributed by atoms with Gasteiger partial charge in [0, 0.05) is 24.5 Å². The van der Waals surface area contributed by atoms with Crippen LogP contribution in [0.2, 0.25) is 0 Å². The first kappa shape index (κ1) is 11.9. The molecule has 0 radical (unpaired) electrons. The predicted molar refractivity (Wildman–Crippen MR) is 73.7 cm³/mol. The second kappa shape index (κ2) is 5.22. The molecule has 3 rings (SSSR count). The molecule has 0 spiro atoms. The van der Waals surface area contributed by atoms with Crippen LogP contribution in [0.5, 0.6) is 0 Å². The van der Waals surface area contributed by atoms with E-state index in [2.05, 4.69) is 4.98 Å². The molecule has 0 saturated carbocycles. The van der Waals surface area contributed by atoms with E-state index in [1.807, 2.05) is 53.6 Å². The third-order valence-electron chi connectivity index (χ3n) is 3.60. The smallest absolute Gasteiger partial charge is 0.254 e. The minimum absolute atomic E-state index is 0.118. The zero-order valence-electron chi connectivity index (χ0n) is 10.7. The number of hydrogen-bond acceptors (Lipinski definition) is 2. The first-order valence-corrected chi connectivity index (χ1v) is 6.62. The molecule has 0 N–H and O–H groups in total. The number of likely N-dealkylation sites (tertiary alicyclic amines) is 1. The maximum absolute atomic E-state index is 12.5. The largest absolute Gasteiger partial charge is 0.332 e. The Kier molecular flexibility index (Phi) is 3.27. The van der Waals surface area contributed by atoms with Gasteiger partial charge in [0.05, 0.1) is 6.04 Å². The topological polar surface area (TPSA) is 33.2 Å². The Hall–Kier alpha value is -2.16. The van der Waals surface area contributed by atoms with Gasteiger partial charge in [-0.25, -0.2) is 0 Å². The Morgan fingerprint density at radius 1 is 1.16 bits per heavy atom. The normalized spacial score (nSPS) is 18.5. The Morgan fingerprint density at radius 2 is 2.00 bits per heavy atom. The molecule has 3 nitrogen and oxygen atoms in total. The van der Waals surface area contributed by atoms with E-state index < -0.39 is 0 Å². The summed E-state index contributed by atoms with van der Waals surface area (Å²) in [4.78, 5) is 18.7. The highest BCUT2D eigenvalue weighted by Crippen LogP contribution is 2.32. The summed E-state index contributed by atoms with van der Waals surface area (Å²) in [5, 5.41) is 0. The molecule has 1 amide bonds. The molecule has 0 aliphatic carbocycles. The van der Waals surface area contributed by atoms with Gasteiger partial charge in [0.15, 0.2) is 0 Å². The van der Waals surface area contributed by atoms with Crippen LogP contribution < -0.4 is 0 Å². The minimum Gasteiger partial charge on any atom is -0.332 e. The van der Waals surface area contributed by atoms with Crippen molar-refractivity contribution >= 4 is 5.91 Å². The lowest BCUT2D eigenvalue weighted by Gasteiger charge is -2.24. The molecular formula is C16H16N2O. The highest BCUT2D eigenvalue weighted by Gasteiger charge is 2.30. The summed E-state index contributed by atoms with van der Waals surface area (Å²) in [6.45, 7) is 0.827. The SMILES string of the molecule is O=C(c1ccccc1)N1CCCC1c1cccnc1. The van der Waals surface area contributed by atoms with Gasteiger partial charge < -0.3 is 4.90 Å². The number of nitrogens with zero attached hydrogens (tertiary/aromatic N) is 2. The molecule has 3 heteroatoms. The van der Waals surface area contributed by atoms with Gasteiger partial charge in [-0.1, -0.05) is 24.3 Å². The third kappa shape index (κ3) is 2.36. The second-order valence-corrected chi connectivity index (χ2v) is 4.81. The number of rotatable bonds is 2. The number of benzene rings is 1.